The Kier molecular flexibility index (Phi) is 3.94. The molecule has 1 rings (SSSR count). The normalized spacial score (nSPS) is 12.9. The van der Waals surface area contributed by atoms with Crippen LogP contribution in [-0.2, 0) is 16.4 Å². The lowest BCUT2D eigenvalue weighted by Crippen LogP contribution is -2.21. The van der Waals surface area contributed by atoms with Crippen molar-refractivity contribution in [2.45, 2.75) is 13.5 Å². The summed E-state index contributed by atoms with van der Waals surface area (Å²) in [5.41, 5.74) is 5.95. The summed E-state index contributed by atoms with van der Waals surface area (Å²) in [5, 5.41) is 11.4. The zero-order valence-corrected chi connectivity index (χ0v) is 9.81. The Hall–Kier alpha value is -1.50. The lowest BCUT2D eigenvalue weighted by Gasteiger charge is -2.07. The molecule has 7 heteroatoms. The summed E-state index contributed by atoms with van der Waals surface area (Å²) >= 11 is 0. The van der Waals surface area contributed by atoms with Gasteiger partial charge in [-0.3, -0.25) is 0 Å². The van der Waals surface area contributed by atoms with E-state index >= 15 is 0 Å². The Morgan fingerprint density at radius 2 is 2.31 bits per heavy atom. The topological polar surface area (TPSA) is 97.7 Å². The van der Waals surface area contributed by atoms with Crippen molar-refractivity contribution in [1.82, 2.24) is 4.57 Å². The Morgan fingerprint density at radius 1 is 1.62 bits per heavy atom. The minimum Gasteiger partial charge on any atom is -0.409 e. The minimum absolute atomic E-state index is 0.0288. The molecular weight excluding hydrogens is 230 g/mol. The fraction of sp³-hybridized carbons (Fsp3) is 0.444. The quantitative estimate of drug-likeness (QED) is 0.330. The van der Waals surface area contributed by atoms with Crippen molar-refractivity contribution in [3.63, 3.8) is 0 Å². The molecule has 0 spiro atoms. The molecule has 0 aliphatic rings. The van der Waals surface area contributed by atoms with Crippen LogP contribution >= 0.6 is 0 Å². The SMILES string of the molecule is CCS(=O)(=O)CCn1cccc1/C(N)=N/O. The van der Waals surface area contributed by atoms with Crippen LogP contribution in [0.25, 0.3) is 0 Å². The highest BCUT2D eigenvalue weighted by Gasteiger charge is 2.10. The van der Waals surface area contributed by atoms with E-state index in [4.69, 9.17) is 10.9 Å². The monoisotopic (exact) mass is 245 g/mol. The fourth-order valence-electron chi connectivity index (χ4n) is 1.27. The number of aromatic nitrogens is 1. The highest BCUT2D eigenvalue weighted by molar-refractivity contribution is 7.91. The smallest absolute Gasteiger partial charge is 0.186 e. The molecule has 16 heavy (non-hydrogen) atoms. The van der Waals surface area contributed by atoms with Crippen LogP contribution in [0.3, 0.4) is 0 Å². The number of nitrogens with zero attached hydrogens (tertiary/aromatic N) is 2. The van der Waals surface area contributed by atoms with Gasteiger partial charge in [0.05, 0.1) is 11.4 Å². The van der Waals surface area contributed by atoms with Crippen molar-refractivity contribution >= 4 is 15.7 Å². The average Bonchev–Trinajstić information content (AvgIpc) is 2.73. The van der Waals surface area contributed by atoms with Crippen LogP contribution in [0.4, 0.5) is 0 Å². The molecule has 0 radical (unpaired) electrons. The van der Waals surface area contributed by atoms with E-state index in [0.29, 0.717) is 12.2 Å². The first-order valence-corrected chi connectivity index (χ1v) is 6.65. The van der Waals surface area contributed by atoms with Gasteiger partial charge in [-0.25, -0.2) is 8.42 Å². The number of rotatable bonds is 5. The van der Waals surface area contributed by atoms with E-state index < -0.39 is 9.84 Å². The van der Waals surface area contributed by atoms with Crippen LogP contribution in [0.2, 0.25) is 0 Å². The van der Waals surface area contributed by atoms with Crippen molar-refractivity contribution in [3.8, 4) is 0 Å². The van der Waals surface area contributed by atoms with Gasteiger partial charge in [0.1, 0.15) is 0 Å². The second-order valence-electron chi connectivity index (χ2n) is 3.31. The standard InChI is InChI=1S/C9H15N3O3S/c1-2-16(14,15)7-6-12-5-3-4-8(12)9(10)11-13/h3-5,13H,2,6-7H2,1H3,(H2,10,11). The van der Waals surface area contributed by atoms with Gasteiger partial charge in [-0.05, 0) is 12.1 Å². The largest absolute Gasteiger partial charge is 0.409 e. The van der Waals surface area contributed by atoms with Gasteiger partial charge in [0.25, 0.3) is 0 Å². The Morgan fingerprint density at radius 3 is 2.88 bits per heavy atom. The van der Waals surface area contributed by atoms with Crippen LogP contribution in [0.1, 0.15) is 12.6 Å². The van der Waals surface area contributed by atoms with E-state index in [0.717, 1.165) is 0 Å². The summed E-state index contributed by atoms with van der Waals surface area (Å²) in [5.74, 6) is 0.135. The second kappa shape index (κ2) is 5.02. The zero-order chi connectivity index (χ0) is 12.2. The van der Waals surface area contributed by atoms with E-state index in [1.54, 1.807) is 29.8 Å². The Balaban J connectivity index is 2.80. The highest BCUT2D eigenvalue weighted by atomic mass is 32.2. The minimum atomic E-state index is -3.01. The molecule has 0 amide bonds. The Bertz CT molecular complexity index is 476. The number of aryl methyl sites for hydroxylation is 1. The first-order chi connectivity index (χ1) is 7.50. The second-order valence-corrected chi connectivity index (χ2v) is 5.78. The molecule has 1 heterocycles. The summed E-state index contributed by atoms with van der Waals surface area (Å²) < 4.78 is 24.3. The van der Waals surface area contributed by atoms with Crippen LogP contribution in [0, 0.1) is 0 Å². The van der Waals surface area contributed by atoms with Crippen molar-refractivity contribution < 1.29 is 13.6 Å². The van der Waals surface area contributed by atoms with Crippen LogP contribution in [0.15, 0.2) is 23.5 Å². The molecule has 6 nitrogen and oxygen atoms in total. The Labute approximate surface area is 94.3 Å². The molecular formula is C9H15N3O3S. The van der Waals surface area contributed by atoms with Crippen molar-refractivity contribution in [2.24, 2.45) is 10.9 Å². The van der Waals surface area contributed by atoms with Gasteiger partial charge in [0.15, 0.2) is 15.7 Å². The molecule has 3 N–H and O–H groups in total. The zero-order valence-electron chi connectivity index (χ0n) is 9.00. The summed E-state index contributed by atoms with van der Waals surface area (Å²) in [6, 6.07) is 3.37. The van der Waals surface area contributed by atoms with Gasteiger partial charge in [0.2, 0.25) is 0 Å². The van der Waals surface area contributed by atoms with Crippen molar-refractivity contribution in [1.29, 1.82) is 0 Å². The van der Waals surface area contributed by atoms with Crippen LogP contribution in [-0.4, -0.2) is 35.5 Å². The molecule has 0 fully saturated rings. The molecule has 0 aliphatic heterocycles. The number of hydrogen-bond acceptors (Lipinski definition) is 4. The molecule has 0 bridgehead atoms. The number of hydrogen-bond donors (Lipinski definition) is 2. The van der Waals surface area contributed by atoms with Gasteiger partial charge in [-0.2, -0.15) is 0 Å². The molecule has 0 atom stereocenters. The summed E-state index contributed by atoms with van der Waals surface area (Å²) in [7, 11) is -3.01. The van der Waals surface area contributed by atoms with Gasteiger partial charge >= 0.3 is 0 Å². The van der Waals surface area contributed by atoms with E-state index in [-0.39, 0.29) is 17.3 Å². The molecule has 1 aromatic heterocycles. The van der Waals surface area contributed by atoms with Gasteiger partial charge < -0.3 is 15.5 Å². The third-order valence-corrected chi connectivity index (χ3v) is 3.97. The third-order valence-electron chi connectivity index (χ3n) is 2.28. The van der Waals surface area contributed by atoms with E-state index in [1.807, 2.05) is 0 Å². The summed E-state index contributed by atoms with van der Waals surface area (Å²) in [6.07, 6.45) is 1.69. The fourth-order valence-corrected chi connectivity index (χ4v) is 2.04. The molecule has 1 aromatic rings. The van der Waals surface area contributed by atoms with Crippen LogP contribution < -0.4 is 5.73 Å². The predicted octanol–water partition coefficient (Wildman–Crippen LogP) is 0.0173. The molecule has 0 saturated carbocycles. The van der Waals surface area contributed by atoms with Crippen LogP contribution in [0.5, 0.6) is 0 Å². The lowest BCUT2D eigenvalue weighted by atomic mass is 10.4. The predicted molar refractivity (Wildman–Crippen MR) is 61.3 cm³/mol. The average molecular weight is 245 g/mol. The lowest BCUT2D eigenvalue weighted by molar-refractivity contribution is 0.318. The van der Waals surface area contributed by atoms with Gasteiger partial charge in [-0.15, -0.1) is 0 Å². The maximum Gasteiger partial charge on any atom is 0.186 e. The number of oxime groups is 1. The number of sulfone groups is 1. The molecule has 0 saturated heterocycles. The first kappa shape index (κ1) is 12.6. The summed E-state index contributed by atoms with van der Waals surface area (Å²) in [6.45, 7) is 1.91. The summed E-state index contributed by atoms with van der Waals surface area (Å²) in [4.78, 5) is 0. The molecule has 0 aliphatic carbocycles. The molecule has 90 valence electrons. The maximum absolute atomic E-state index is 11.3. The maximum atomic E-state index is 11.3. The van der Waals surface area contributed by atoms with Crippen molar-refractivity contribution in [2.75, 3.05) is 11.5 Å². The number of amidine groups is 1. The van der Waals surface area contributed by atoms with E-state index in [9.17, 15) is 8.42 Å². The van der Waals surface area contributed by atoms with E-state index in [1.165, 1.54) is 0 Å². The third kappa shape index (κ3) is 2.99. The molecule has 0 aromatic carbocycles. The first-order valence-electron chi connectivity index (χ1n) is 4.83. The van der Waals surface area contributed by atoms with E-state index in [2.05, 4.69) is 5.16 Å². The van der Waals surface area contributed by atoms with Gasteiger partial charge in [0, 0.05) is 18.5 Å². The van der Waals surface area contributed by atoms with Gasteiger partial charge in [-0.1, -0.05) is 12.1 Å². The molecule has 0 unspecified atom stereocenters. The van der Waals surface area contributed by atoms with Crippen molar-refractivity contribution in [3.05, 3.63) is 24.0 Å². The number of nitrogens with two attached hydrogens (primary N) is 1. The highest BCUT2D eigenvalue weighted by Crippen LogP contribution is 2.03.